The quantitative estimate of drug-likeness (QED) is 0.601. The molecule has 3 heterocycles. The number of aryl methyl sites for hydroxylation is 1. The van der Waals surface area contributed by atoms with Crippen molar-refractivity contribution in [1.82, 2.24) is 9.88 Å². The lowest BCUT2D eigenvalue weighted by atomic mass is 9.97. The van der Waals surface area contributed by atoms with Crippen molar-refractivity contribution in [2.45, 2.75) is 50.8 Å². The van der Waals surface area contributed by atoms with Crippen LogP contribution in [0.1, 0.15) is 41.6 Å². The minimum atomic E-state index is 0.151. The van der Waals surface area contributed by atoms with Crippen LogP contribution in [0.3, 0.4) is 0 Å². The van der Waals surface area contributed by atoms with E-state index in [2.05, 4.69) is 53.2 Å². The molecular formula is C26H26N2O2. The summed E-state index contributed by atoms with van der Waals surface area (Å²) in [4.78, 5) is 19.5. The molecule has 2 aliphatic rings. The minimum absolute atomic E-state index is 0.151. The van der Waals surface area contributed by atoms with Crippen LogP contribution in [0, 0.1) is 6.92 Å². The first-order valence-corrected chi connectivity index (χ1v) is 10.7. The average molecular weight is 399 g/mol. The number of benzene rings is 2. The molecular weight excluding hydrogens is 372 g/mol. The third-order valence-electron chi connectivity index (χ3n) is 6.38. The first-order valence-electron chi connectivity index (χ1n) is 10.7. The lowest BCUT2D eigenvalue weighted by Gasteiger charge is -2.39. The van der Waals surface area contributed by atoms with Crippen LogP contribution >= 0.6 is 0 Å². The number of nitrogens with zero attached hydrogens (tertiary/aromatic N) is 2. The van der Waals surface area contributed by atoms with Gasteiger partial charge in [-0.3, -0.25) is 9.78 Å². The molecule has 1 amide bonds. The highest BCUT2D eigenvalue weighted by Crippen LogP contribution is 2.38. The van der Waals surface area contributed by atoms with Crippen molar-refractivity contribution < 1.29 is 9.53 Å². The molecule has 1 aromatic heterocycles. The summed E-state index contributed by atoms with van der Waals surface area (Å²) in [6.45, 7) is 2.09. The number of fused-ring (bicyclic) bond motifs is 2. The summed E-state index contributed by atoms with van der Waals surface area (Å²) >= 11 is 0. The van der Waals surface area contributed by atoms with Crippen LogP contribution in [-0.2, 0) is 0 Å². The van der Waals surface area contributed by atoms with Crippen molar-refractivity contribution in [3.05, 3.63) is 84.2 Å². The van der Waals surface area contributed by atoms with Crippen molar-refractivity contribution in [2.24, 2.45) is 0 Å². The molecule has 2 aromatic carbocycles. The van der Waals surface area contributed by atoms with Gasteiger partial charge in [-0.2, -0.15) is 0 Å². The molecule has 0 spiro atoms. The van der Waals surface area contributed by atoms with Gasteiger partial charge in [-0.05, 0) is 55.2 Å². The summed E-state index contributed by atoms with van der Waals surface area (Å²) < 4.78 is 6.14. The van der Waals surface area contributed by atoms with Crippen molar-refractivity contribution in [3.63, 3.8) is 0 Å². The van der Waals surface area contributed by atoms with Crippen LogP contribution in [0.15, 0.2) is 73.1 Å². The average Bonchev–Trinajstić information content (AvgIpc) is 3.05. The van der Waals surface area contributed by atoms with E-state index in [4.69, 9.17) is 4.74 Å². The first-order chi connectivity index (χ1) is 14.7. The molecule has 5 rings (SSSR count). The predicted molar refractivity (Wildman–Crippen MR) is 117 cm³/mol. The molecule has 0 N–H and O–H groups in total. The van der Waals surface area contributed by atoms with E-state index in [1.165, 1.54) is 11.1 Å². The summed E-state index contributed by atoms with van der Waals surface area (Å²) in [6.07, 6.45) is 7.56. The number of carbonyl (C=O) groups excluding carboxylic acids is 1. The second kappa shape index (κ2) is 7.94. The molecule has 0 saturated carbocycles. The van der Waals surface area contributed by atoms with E-state index in [9.17, 15) is 4.79 Å². The Labute approximate surface area is 177 Å². The Morgan fingerprint density at radius 1 is 0.933 bits per heavy atom. The topological polar surface area (TPSA) is 42.4 Å². The van der Waals surface area contributed by atoms with E-state index < -0.39 is 0 Å². The maximum absolute atomic E-state index is 13.3. The van der Waals surface area contributed by atoms with Crippen LogP contribution in [-0.4, -0.2) is 34.0 Å². The Kier molecular flexibility index (Phi) is 4.99. The number of aromatic nitrogens is 1. The molecule has 4 nitrogen and oxygen atoms in total. The van der Waals surface area contributed by atoms with Gasteiger partial charge in [-0.1, -0.05) is 42.0 Å². The molecule has 30 heavy (non-hydrogen) atoms. The number of piperidine rings is 1. The Hall–Kier alpha value is -3.14. The third-order valence-corrected chi connectivity index (χ3v) is 6.38. The predicted octanol–water partition coefficient (Wildman–Crippen LogP) is 5.27. The fourth-order valence-electron chi connectivity index (χ4n) is 4.86. The minimum Gasteiger partial charge on any atom is -0.489 e. The van der Waals surface area contributed by atoms with Crippen LogP contribution in [0.2, 0.25) is 0 Å². The number of hydrogen-bond donors (Lipinski definition) is 0. The van der Waals surface area contributed by atoms with Gasteiger partial charge in [0.1, 0.15) is 11.9 Å². The zero-order valence-corrected chi connectivity index (χ0v) is 17.2. The lowest BCUT2D eigenvalue weighted by Crippen LogP contribution is -2.49. The first kappa shape index (κ1) is 18.9. The standard InChI is InChI=1S/C26H26N2O2/c1-18-4-6-19(7-5-18)20-8-10-21(11-9-20)26(29)28-22-12-13-23(28)16-25(15-22)30-24-3-2-14-27-17-24/h2-11,14,17,22-23,25H,12-13,15-16H2,1H3. The Morgan fingerprint density at radius 3 is 2.17 bits per heavy atom. The van der Waals surface area contributed by atoms with Gasteiger partial charge in [-0.25, -0.2) is 0 Å². The zero-order valence-electron chi connectivity index (χ0n) is 17.2. The summed E-state index contributed by atoms with van der Waals surface area (Å²) in [6, 6.07) is 20.9. The van der Waals surface area contributed by atoms with E-state index in [1.807, 2.05) is 24.3 Å². The Morgan fingerprint density at radius 2 is 1.57 bits per heavy atom. The van der Waals surface area contributed by atoms with Crippen LogP contribution < -0.4 is 4.74 Å². The van der Waals surface area contributed by atoms with E-state index in [0.29, 0.717) is 0 Å². The van der Waals surface area contributed by atoms with Crippen LogP contribution in [0.5, 0.6) is 5.75 Å². The molecule has 0 aliphatic carbocycles. The van der Waals surface area contributed by atoms with Gasteiger partial charge in [0, 0.05) is 36.7 Å². The number of pyridine rings is 1. The summed E-state index contributed by atoms with van der Waals surface area (Å²) in [5, 5.41) is 0. The molecule has 4 heteroatoms. The summed E-state index contributed by atoms with van der Waals surface area (Å²) in [7, 11) is 0. The summed E-state index contributed by atoms with van der Waals surface area (Å²) in [5.41, 5.74) is 4.33. The van der Waals surface area contributed by atoms with Crippen molar-refractivity contribution in [3.8, 4) is 16.9 Å². The van der Waals surface area contributed by atoms with Gasteiger partial charge in [0.05, 0.1) is 6.20 Å². The van der Waals surface area contributed by atoms with Gasteiger partial charge in [0.15, 0.2) is 0 Å². The third kappa shape index (κ3) is 3.70. The van der Waals surface area contributed by atoms with Gasteiger partial charge in [0.25, 0.3) is 5.91 Å². The van der Waals surface area contributed by atoms with Gasteiger partial charge in [0.2, 0.25) is 0 Å². The zero-order chi connectivity index (χ0) is 20.5. The van der Waals surface area contributed by atoms with E-state index >= 15 is 0 Å². The highest BCUT2D eigenvalue weighted by molar-refractivity contribution is 5.95. The number of ether oxygens (including phenoxy) is 1. The fourth-order valence-corrected chi connectivity index (χ4v) is 4.86. The van der Waals surface area contributed by atoms with Gasteiger partial charge in [-0.15, -0.1) is 0 Å². The monoisotopic (exact) mass is 398 g/mol. The van der Waals surface area contributed by atoms with Gasteiger partial charge >= 0.3 is 0 Å². The Bertz CT molecular complexity index is 1000. The second-order valence-electron chi connectivity index (χ2n) is 8.44. The summed E-state index contributed by atoms with van der Waals surface area (Å²) in [5.74, 6) is 0.964. The van der Waals surface area contributed by atoms with Crippen molar-refractivity contribution in [1.29, 1.82) is 0 Å². The maximum Gasteiger partial charge on any atom is 0.254 e. The molecule has 152 valence electrons. The number of hydrogen-bond acceptors (Lipinski definition) is 3. The largest absolute Gasteiger partial charge is 0.489 e. The van der Waals surface area contributed by atoms with E-state index in [0.717, 1.165) is 42.6 Å². The normalized spacial score (nSPS) is 22.7. The van der Waals surface area contributed by atoms with E-state index in [1.54, 1.807) is 12.4 Å². The van der Waals surface area contributed by atoms with Crippen molar-refractivity contribution >= 4 is 5.91 Å². The molecule has 2 atom stereocenters. The fraction of sp³-hybridized carbons (Fsp3) is 0.308. The highest BCUT2D eigenvalue weighted by Gasteiger charge is 2.44. The van der Waals surface area contributed by atoms with Crippen LogP contribution in [0.25, 0.3) is 11.1 Å². The van der Waals surface area contributed by atoms with E-state index in [-0.39, 0.29) is 24.1 Å². The number of rotatable bonds is 4. The molecule has 0 radical (unpaired) electrons. The molecule has 3 aromatic rings. The molecule has 2 bridgehead atoms. The van der Waals surface area contributed by atoms with Gasteiger partial charge < -0.3 is 9.64 Å². The van der Waals surface area contributed by atoms with Crippen molar-refractivity contribution in [2.75, 3.05) is 0 Å². The molecule has 2 aliphatic heterocycles. The van der Waals surface area contributed by atoms with Crippen LogP contribution in [0.4, 0.5) is 0 Å². The molecule has 2 saturated heterocycles. The number of amides is 1. The smallest absolute Gasteiger partial charge is 0.254 e. The maximum atomic E-state index is 13.3. The SMILES string of the molecule is Cc1ccc(-c2ccc(C(=O)N3C4CCC3CC(Oc3cccnc3)C4)cc2)cc1. The Balaban J connectivity index is 1.28. The highest BCUT2D eigenvalue weighted by atomic mass is 16.5. The molecule has 2 fully saturated rings. The number of carbonyl (C=O) groups is 1. The lowest BCUT2D eigenvalue weighted by molar-refractivity contribution is 0.0358. The second-order valence-corrected chi connectivity index (χ2v) is 8.44. The molecule has 2 unspecified atom stereocenters.